The van der Waals surface area contributed by atoms with Gasteiger partial charge in [-0.15, -0.1) is 11.3 Å². The van der Waals surface area contributed by atoms with Crippen LogP contribution in [0.4, 0.5) is 0 Å². The number of carbonyl (C=O) groups excluding carboxylic acids is 1. The highest BCUT2D eigenvalue weighted by Gasteiger charge is 2.14. The number of esters is 1. The zero-order valence-corrected chi connectivity index (χ0v) is 10.1. The Bertz CT molecular complexity index is 397. The second kappa shape index (κ2) is 5.16. The summed E-state index contributed by atoms with van der Waals surface area (Å²) in [4.78, 5) is 14.8. The van der Waals surface area contributed by atoms with E-state index in [0.717, 1.165) is 19.5 Å². The van der Waals surface area contributed by atoms with Crippen LogP contribution >= 0.6 is 11.3 Å². The zero-order chi connectivity index (χ0) is 11.4. The maximum Gasteiger partial charge on any atom is 0.332 e. The van der Waals surface area contributed by atoms with Crippen molar-refractivity contribution >= 4 is 17.3 Å². The summed E-state index contributed by atoms with van der Waals surface area (Å²) in [6, 6.07) is 2.16. The van der Waals surface area contributed by atoms with E-state index in [1.807, 2.05) is 24.5 Å². The van der Waals surface area contributed by atoms with Crippen LogP contribution in [0.15, 0.2) is 23.7 Å². The highest BCUT2D eigenvalue weighted by molar-refractivity contribution is 7.10. The first-order valence-electron chi connectivity index (χ1n) is 5.44. The van der Waals surface area contributed by atoms with E-state index in [4.69, 9.17) is 4.74 Å². The van der Waals surface area contributed by atoms with Crippen molar-refractivity contribution in [2.24, 2.45) is 0 Å². The lowest BCUT2D eigenvalue weighted by atomic mass is 10.1. The highest BCUT2D eigenvalue weighted by Crippen LogP contribution is 2.23. The molecule has 2 rings (SSSR count). The fourth-order valence-corrected chi connectivity index (χ4v) is 2.64. The van der Waals surface area contributed by atoms with E-state index in [0.29, 0.717) is 6.61 Å². The molecule has 0 atom stereocenters. The lowest BCUT2D eigenvalue weighted by Crippen LogP contribution is -2.24. The Labute approximate surface area is 99.3 Å². The third-order valence-electron chi connectivity index (χ3n) is 2.55. The van der Waals surface area contributed by atoms with E-state index in [9.17, 15) is 4.79 Å². The number of carbonyl (C=O) groups is 1. The predicted molar refractivity (Wildman–Crippen MR) is 64.2 cm³/mol. The number of hydrogen-bond donors (Lipinski definition) is 0. The van der Waals surface area contributed by atoms with Crippen molar-refractivity contribution < 1.29 is 9.53 Å². The van der Waals surface area contributed by atoms with Crippen LogP contribution in [0.1, 0.15) is 17.4 Å². The van der Waals surface area contributed by atoms with Crippen molar-refractivity contribution in [3.63, 3.8) is 0 Å². The molecule has 0 bridgehead atoms. The third kappa shape index (κ3) is 2.64. The molecular weight excluding hydrogens is 222 g/mol. The van der Waals surface area contributed by atoms with Crippen molar-refractivity contribution in [1.29, 1.82) is 0 Å². The summed E-state index contributed by atoms with van der Waals surface area (Å²) in [6.45, 7) is 4.11. The first-order chi connectivity index (χ1) is 7.79. The van der Waals surface area contributed by atoms with Crippen molar-refractivity contribution in [3.05, 3.63) is 34.2 Å². The van der Waals surface area contributed by atoms with Crippen LogP contribution in [0, 0.1) is 0 Å². The van der Waals surface area contributed by atoms with E-state index < -0.39 is 0 Å². The van der Waals surface area contributed by atoms with Crippen LogP contribution in [0.25, 0.3) is 0 Å². The maximum atomic E-state index is 11.1. The standard InChI is InChI=1S/C12H15NO2S/c1-2-15-12(14)4-7-13-6-3-11-10(9-13)5-8-16-11/h4-5,7-8H,2-3,6,9H2,1H3/b7-4+. The van der Waals surface area contributed by atoms with Crippen LogP contribution in [-0.4, -0.2) is 24.0 Å². The minimum Gasteiger partial charge on any atom is -0.463 e. The fourth-order valence-electron chi connectivity index (χ4n) is 1.75. The van der Waals surface area contributed by atoms with Gasteiger partial charge in [0.15, 0.2) is 0 Å². The van der Waals surface area contributed by atoms with Gasteiger partial charge in [0, 0.05) is 30.2 Å². The molecule has 1 aliphatic heterocycles. The second-order valence-electron chi connectivity index (χ2n) is 3.66. The summed E-state index contributed by atoms with van der Waals surface area (Å²) < 4.78 is 4.84. The molecular formula is C12H15NO2S. The Morgan fingerprint density at radius 1 is 1.69 bits per heavy atom. The summed E-state index contributed by atoms with van der Waals surface area (Å²) >= 11 is 1.82. The van der Waals surface area contributed by atoms with Crippen molar-refractivity contribution in [1.82, 2.24) is 4.90 Å². The van der Waals surface area contributed by atoms with E-state index in [1.165, 1.54) is 16.5 Å². The average molecular weight is 237 g/mol. The molecule has 0 aromatic carbocycles. The molecule has 0 aliphatic carbocycles. The van der Waals surface area contributed by atoms with E-state index in [2.05, 4.69) is 16.3 Å². The molecule has 1 aliphatic rings. The zero-order valence-electron chi connectivity index (χ0n) is 9.31. The molecule has 0 saturated carbocycles. The molecule has 0 radical (unpaired) electrons. The molecule has 0 amide bonds. The first kappa shape index (κ1) is 11.2. The van der Waals surface area contributed by atoms with Crippen LogP contribution in [-0.2, 0) is 22.5 Å². The van der Waals surface area contributed by atoms with Gasteiger partial charge in [0.2, 0.25) is 0 Å². The number of fused-ring (bicyclic) bond motifs is 1. The SMILES string of the molecule is CCOC(=O)/C=C/N1CCc2sccc2C1. The van der Waals surface area contributed by atoms with Gasteiger partial charge in [0.1, 0.15) is 0 Å². The van der Waals surface area contributed by atoms with Gasteiger partial charge in [0.25, 0.3) is 0 Å². The first-order valence-corrected chi connectivity index (χ1v) is 6.32. The number of rotatable bonds is 3. The minimum atomic E-state index is -0.265. The lowest BCUT2D eigenvalue weighted by molar-refractivity contribution is -0.137. The Balaban J connectivity index is 1.92. The Kier molecular flexibility index (Phi) is 3.62. The Morgan fingerprint density at radius 2 is 2.56 bits per heavy atom. The van der Waals surface area contributed by atoms with Gasteiger partial charge >= 0.3 is 5.97 Å². The smallest absolute Gasteiger partial charge is 0.332 e. The van der Waals surface area contributed by atoms with Gasteiger partial charge in [-0.25, -0.2) is 4.79 Å². The number of thiophene rings is 1. The van der Waals surface area contributed by atoms with E-state index >= 15 is 0 Å². The fraction of sp³-hybridized carbons (Fsp3) is 0.417. The van der Waals surface area contributed by atoms with Crippen molar-refractivity contribution in [3.8, 4) is 0 Å². The van der Waals surface area contributed by atoms with Crippen molar-refractivity contribution in [2.75, 3.05) is 13.2 Å². The van der Waals surface area contributed by atoms with Gasteiger partial charge < -0.3 is 9.64 Å². The van der Waals surface area contributed by atoms with Gasteiger partial charge in [-0.1, -0.05) is 0 Å². The predicted octanol–water partition coefficient (Wildman–Crippen LogP) is 2.18. The minimum absolute atomic E-state index is 0.265. The van der Waals surface area contributed by atoms with Gasteiger partial charge in [-0.2, -0.15) is 0 Å². The molecule has 2 heterocycles. The lowest BCUT2D eigenvalue weighted by Gasteiger charge is -2.25. The van der Waals surface area contributed by atoms with Crippen LogP contribution < -0.4 is 0 Å². The van der Waals surface area contributed by atoms with E-state index in [-0.39, 0.29) is 5.97 Å². The normalized spacial score (nSPS) is 15.2. The molecule has 0 spiro atoms. The molecule has 0 fully saturated rings. The Morgan fingerprint density at radius 3 is 3.38 bits per heavy atom. The molecule has 86 valence electrons. The summed E-state index contributed by atoms with van der Waals surface area (Å²) in [7, 11) is 0. The summed E-state index contributed by atoms with van der Waals surface area (Å²) in [6.07, 6.45) is 4.40. The highest BCUT2D eigenvalue weighted by atomic mass is 32.1. The molecule has 1 aromatic rings. The molecule has 0 N–H and O–H groups in total. The second-order valence-corrected chi connectivity index (χ2v) is 4.66. The summed E-state index contributed by atoms with van der Waals surface area (Å²) in [5.41, 5.74) is 1.38. The largest absolute Gasteiger partial charge is 0.463 e. The van der Waals surface area contributed by atoms with Gasteiger partial charge in [-0.05, 0) is 30.4 Å². The van der Waals surface area contributed by atoms with Gasteiger partial charge in [-0.3, -0.25) is 0 Å². The van der Waals surface area contributed by atoms with Crippen LogP contribution in [0.3, 0.4) is 0 Å². The molecule has 0 unspecified atom stereocenters. The Hall–Kier alpha value is -1.29. The maximum absolute atomic E-state index is 11.1. The van der Waals surface area contributed by atoms with Crippen LogP contribution in [0.2, 0.25) is 0 Å². The number of ether oxygens (including phenoxy) is 1. The topological polar surface area (TPSA) is 29.5 Å². The van der Waals surface area contributed by atoms with Gasteiger partial charge in [0.05, 0.1) is 6.61 Å². The molecule has 16 heavy (non-hydrogen) atoms. The number of hydrogen-bond acceptors (Lipinski definition) is 4. The van der Waals surface area contributed by atoms with Crippen LogP contribution in [0.5, 0.6) is 0 Å². The quantitative estimate of drug-likeness (QED) is 0.596. The summed E-state index contributed by atoms with van der Waals surface area (Å²) in [5, 5.41) is 2.13. The average Bonchev–Trinajstić information content (AvgIpc) is 2.74. The number of nitrogens with zero attached hydrogens (tertiary/aromatic N) is 1. The van der Waals surface area contributed by atoms with Crippen molar-refractivity contribution in [2.45, 2.75) is 19.9 Å². The monoisotopic (exact) mass is 237 g/mol. The molecule has 4 heteroatoms. The molecule has 1 aromatic heterocycles. The molecule has 0 saturated heterocycles. The van der Waals surface area contributed by atoms with E-state index in [1.54, 1.807) is 0 Å². The summed E-state index contributed by atoms with van der Waals surface area (Å²) in [5.74, 6) is -0.265. The molecule has 3 nitrogen and oxygen atoms in total. The third-order valence-corrected chi connectivity index (χ3v) is 3.57.